The van der Waals surface area contributed by atoms with Crippen molar-refractivity contribution < 1.29 is 18.0 Å². The Kier molecular flexibility index (Phi) is 4.72. The third-order valence-corrected chi connectivity index (χ3v) is 2.49. The van der Waals surface area contributed by atoms with Gasteiger partial charge in [-0.3, -0.25) is 4.79 Å². The van der Waals surface area contributed by atoms with Crippen LogP contribution in [0.2, 0.25) is 0 Å². The van der Waals surface area contributed by atoms with Crippen LogP contribution in [0.3, 0.4) is 0 Å². The van der Waals surface area contributed by atoms with Gasteiger partial charge in [-0.2, -0.15) is 13.2 Å². The maximum atomic E-state index is 12.3. The molecule has 0 heterocycles. The molecule has 0 aliphatic carbocycles. The Bertz CT molecular complexity index is 401. The molecule has 1 atom stereocenters. The van der Waals surface area contributed by atoms with E-state index in [2.05, 4.69) is 5.32 Å². The molecule has 3 nitrogen and oxygen atoms in total. The van der Waals surface area contributed by atoms with Gasteiger partial charge in [-0.25, -0.2) is 0 Å². The first-order chi connectivity index (χ1) is 8.34. The van der Waals surface area contributed by atoms with Crippen LogP contribution in [0.15, 0.2) is 24.3 Å². The lowest BCUT2D eigenvalue weighted by molar-refractivity contribution is -0.137. The van der Waals surface area contributed by atoms with Gasteiger partial charge < -0.3 is 11.1 Å². The van der Waals surface area contributed by atoms with Crippen molar-refractivity contribution in [1.82, 2.24) is 5.32 Å². The van der Waals surface area contributed by atoms with Crippen LogP contribution in [-0.2, 0) is 6.18 Å². The molecule has 0 saturated carbocycles. The molecule has 0 radical (unpaired) electrons. The highest BCUT2D eigenvalue weighted by atomic mass is 19.4. The first-order valence-corrected chi connectivity index (χ1v) is 5.50. The average molecular weight is 260 g/mol. The molecule has 0 fully saturated rings. The maximum Gasteiger partial charge on any atom is 0.416 e. The van der Waals surface area contributed by atoms with Crippen LogP contribution in [0.1, 0.15) is 22.8 Å². The van der Waals surface area contributed by atoms with Crippen LogP contribution >= 0.6 is 0 Å². The molecule has 1 amide bonds. The zero-order valence-corrected chi connectivity index (χ0v) is 9.92. The number of alkyl halides is 3. The maximum absolute atomic E-state index is 12.3. The van der Waals surface area contributed by atoms with Crippen LogP contribution in [0.25, 0.3) is 0 Å². The highest BCUT2D eigenvalue weighted by molar-refractivity contribution is 5.94. The molecule has 0 aliphatic rings. The summed E-state index contributed by atoms with van der Waals surface area (Å²) < 4.78 is 36.9. The Balaban J connectivity index is 2.65. The van der Waals surface area contributed by atoms with Crippen molar-refractivity contribution in [3.05, 3.63) is 35.4 Å². The van der Waals surface area contributed by atoms with Crippen molar-refractivity contribution in [2.45, 2.75) is 13.1 Å². The fourth-order valence-corrected chi connectivity index (χ4v) is 1.26. The smallest absolute Gasteiger partial charge is 0.352 e. The first kappa shape index (κ1) is 14.5. The lowest BCUT2D eigenvalue weighted by atomic mass is 10.1. The van der Waals surface area contributed by atoms with E-state index in [1.165, 1.54) is 0 Å². The van der Waals surface area contributed by atoms with Crippen molar-refractivity contribution in [3.8, 4) is 0 Å². The van der Waals surface area contributed by atoms with Gasteiger partial charge in [0, 0.05) is 12.1 Å². The van der Waals surface area contributed by atoms with Gasteiger partial charge in [0.2, 0.25) is 0 Å². The molecular formula is C12H15F3N2O. The van der Waals surface area contributed by atoms with E-state index in [0.717, 1.165) is 24.3 Å². The molecule has 0 bridgehead atoms. The van der Waals surface area contributed by atoms with Gasteiger partial charge in [0.1, 0.15) is 0 Å². The fraction of sp³-hybridized carbons (Fsp3) is 0.417. The predicted octanol–water partition coefficient (Wildman–Crippen LogP) is 2.03. The van der Waals surface area contributed by atoms with Gasteiger partial charge >= 0.3 is 6.18 Å². The Morgan fingerprint density at radius 1 is 1.33 bits per heavy atom. The number of amides is 1. The molecular weight excluding hydrogens is 245 g/mol. The van der Waals surface area contributed by atoms with Gasteiger partial charge in [0.25, 0.3) is 5.91 Å². The number of hydrogen-bond donors (Lipinski definition) is 2. The summed E-state index contributed by atoms with van der Waals surface area (Å²) in [5.74, 6) is -0.271. The number of halogens is 3. The van der Waals surface area contributed by atoms with Crippen molar-refractivity contribution >= 4 is 5.91 Å². The van der Waals surface area contributed by atoms with Crippen LogP contribution in [0.5, 0.6) is 0 Å². The minimum absolute atomic E-state index is 0.128. The number of carbonyl (C=O) groups excluding carboxylic acids is 1. The standard InChI is InChI=1S/C12H15F3N2O/c1-8(6-16)7-17-11(18)9-2-4-10(5-3-9)12(13,14)15/h2-5,8H,6-7,16H2,1H3,(H,17,18)/t8-/m1/s1. The Labute approximate surface area is 103 Å². The van der Waals surface area contributed by atoms with Crippen molar-refractivity contribution in [2.75, 3.05) is 13.1 Å². The summed E-state index contributed by atoms with van der Waals surface area (Å²) in [7, 11) is 0. The van der Waals surface area contributed by atoms with E-state index in [0.29, 0.717) is 13.1 Å². The minimum atomic E-state index is -4.39. The Morgan fingerprint density at radius 2 is 1.89 bits per heavy atom. The zero-order valence-electron chi connectivity index (χ0n) is 9.92. The molecule has 0 aliphatic heterocycles. The summed E-state index contributed by atoms with van der Waals surface area (Å²) in [5, 5.41) is 2.61. The average Bonchev–Trinajstić information content (AvgIpc) is 2.34. The molecule has 100 valence electrons. The molecule has 6 heteroatoms. The molecule has 0 unspecified atom stereocenters. The molecule has 0 aromatic heterocycles. The van der Waals surface area contributed by atoms with E-state index >= 15 is 0 Å². The van der Waals surface area contributed by atoms with Crippen LogP contribution in [-0.4, -0.2) is 19.0 Å². The lowest BCUT2D eigenvalue weighted by Crippen LogP contribution is -2.31. The lowest BCUT2D eigenvalue weighted by Gasteiger charge is -2.11. The summed E-state index contributed by atoms with van der Waals surface area (Å²) in [6, 6.07) is 4.10. The quantitative estimate of drug-likeness (QED) is 0.870. The number of hydrogen-bond acceptors (Lipinski definition) is 2. The molecule has 0 saturated heterocycles. The van der Waals surface area contributed by atoms with Crippen molar-refractivity contribution in [2.24, 2.45) is 11.7 Å². The Morgan fingerprint density at radius 3 is 2.33 bits per heavy atom. The number of carbonyl (C=O) groups is 1. The normalized spacial score (nSPS) is 13.2. The number of rotatable bonds is 4. The van der Waals surface area contributed by atoms with E-state index in [9.17, 15) is 18.0 Å². The number of nitrogens with two attached hydrogens (primary N) is 1. The molecule has 1 rings (SSSR count). The minimum Gasteiger partial charge on any atom is -0.352 e. The molecule has 3 N–H and O–H groups in total. The summed E-state index contributed by atoms with van der Waals surface area (Å²) in [4.78, 5) is 11.6. The third-order valence-electron chi connectivity index (χ3n) is 2.49. The van der Waals surface area contributed by atoms with E-state index in [1.807, 2.05) is 6.92 Å². The van der Waals surface area contributed by atoms with Crippen LogP contribution in [0.4, 0.5) is 13.2 Å². The van der Waals surface area contributed by atoms with Crippen LogP contribution < -0.4 is 11.1 Å². The summed E-state index contributed by atoms with van der Waals surface area (Å²) in [6.45, 7) is 2.71. The van der Waals surface area contributed by atoms with Gasteiger partial charge in [-0.15, -0.1) is 0 Å². The second kappa shape index (κ2) is 5.86. The number of benzene rings is 1. The number of nitrogens with one attached hydrogen (secondary N) is 1. The molecule has 1 aromatic carbocycles. The summed E-state index contributed by atoms with van der Waals surface area (Å²) in [6.07, 6.45) is -4.39. The largest absolute Gasteiger partial charge is 0.416 e. The first-order valence-electron chi connectivity index (χ1n) is 5.50. The zero-order chi connectivity index (χ0) is 13.8. The summed E-state index contributed by atoms with van der Waals surface area (Å²) >= 11 is 0. The monoisotopic (exact) mass is 260 g/mol. The third kappa shape index (κ3) is 4.03. The van der Waals surface area contributed by atoms with Crippen LogP contribution in [0, 0.1) is 5.92 Å². The second-order valence-electron chi connectivity index (χ2n) is 4.13. The van der Waals surface area contributed by atoms with E-state index in [1.54, 1.807) is 0 Å². The molecule has 0 spiro atoms. The topological polar surface area (TPSA) is 55.1 Å². The Hall–Kier alpha value is -1.56. The van der Waals surface area contributed by atoms with E-state index < -0.39 is 17.6 Å². The van der Waals surface area contributed by atoms with Gasteiger partial charge in [-0.05, 0) is 36.7 Å². The summed E-state index contributed by atoms with van der Waals surface area (Å²) in [5.41, 5.74) is 4.82. The van der Waals surface area contributed by atoms with Crippen molar-refractivity contribution in [3.63, 3.8) is 0 Å². The fourth-order valence-electron chi connectivity index (χ4n) is 1.26. The molecule has 18 heavy (non-hydrogen) atoms. The highest BCUT2D eigenvalue weighted by Crippen LogP contribution is 2.28. The van der Waals surface area contributed by atoms with Crippen molar-refractivity contribution in [1.29, 1.82) is 0 Å². The SMILES string of the molecule is C[C@H](CN)CNC(=O)c1ccc(C(F)(F)F)cc1. The predicted molar refractivity (Wildman–Crippen MR) is 62.0 cm³/mol. The van der Waals surface area contributed by atoms with Gasteiger partial charge in [0.15, 0.2) is 0 Å². The second-order valence-corrected chi connectivity index (χ2v) is 4.13. The van der Waals surface area contributed by atoms with E-state index in [-0.39, 0.29) is 11.5 Å². The molecule has 1 aromatic rings. The highest BCUT2D eigenvalue weighted by Gasteiger charge is 2.30. The van der Waals surface area contributed by atoms with E-state index in [4.69, 9.17) is 5.73 Å². The van der Waals surface area contributed by atoms with Gasteiger partial charge in [0.05, 0.1) is 5.56 Å². The van der Waals surface area contributed by atoms with Gasteiger partial charge in [-0.1, -0.05) is 6.92 Å².